The Balaban J connectivity index is 2.16. The summed E-state index contributed by atoms with van der Waals surface area (Å²) < 4.78 is 28.2. The van der Waals surface area contributed by atoms with E-state index in [-0.39, 0.29) is 12.2 Å². The minimum Gasteiger partial charge on any atom is -0.340 e. The number of carbonyl (C=O) groups excluding carboxylic acids is 1. The van der Waals surface area contributed by atoms with E-state index in [2.05, 4.69) is 22.3 Å². The maximum absolute atomic E-state index is 13.6. The fourth-order valence-electron chi connectivity index (χ4n) is 1.62. The second kappa shape index (κ2) is 5.97. The van der Waals surface area contributed by atoms with E-state index in [9.17, 15) is 13.6 Å². The van der Waals surface area contributed by atoms with Gasteiger partial charge < -0.3 is 5.32 Å². The number of halogens is 2. The molecule has 1 amide bonds. The van der Waals surface area contributed by atoms with E-state index in [1.54, 1.807) is 13.0 Å². The third-order valence-electron chi connectivity index (χ3n) is 2.48. The van der Waals surface area contributed by atoms with Gasteiger partial charge in [0.25, 0.3) is 5.91 Å². The Labute approximate surface area is 114 Å². The SMILES string of the molecule is CC#CC(=O)NCc1ccn(-c2c(F)cccc2F)n1. The standard InChI is InChI=1S/C14H11F2N3O/c1-2-4-13(20)17-9-10-7-8-19(18-10)14-11(15)5-3-6-12(14)16/h3,5-8H,9H2,1H3,(H,17,20). The molecule has 2 aromatic rings. The van der Waals surface area contributed by atoms with E-state index in [1.807, 2.05) is 0 Å². The largest absolute Gasteiger partial charge is 0.340 e. The minimum absolute atomic E-state index is 0.136. The number of benzene rings is 1. The van der Waals surface area contributed by atoms with Gasteiger partial charge in [0.05, 0.1) is 12.2 Å². The summed E-state index contributed by atoms with van der Waals surface area (Å²) in [5.41, 5.74) is 0.220. The summed E-state index contributed by atoms with van der Waals surface area (Å²) in [5, 5.41) is 6.53. The van der Waals surface area contributed by atoms with Crippen molar-refractivity contribution in [1.29, 1.82) is 0 Å². The summed E-state index contributed by atoms with van der Waals surface area (Å²) in [4.78, 5) is 11.2. The van der Waals surface area contributed by atoms with Gasteiger partial charge in [0.15, 0.2) is 11.6 Å². The topological polar surface area (TPSA) is 46.9 Å². The van der Waals surface area contributed by atoms with Gasteiger partial charge in [0, 0.05) is 6.20 Å². The van der Waals surface area contributed by atoms with Gasteiger partial charge in [-0.2, -0.15) is 5.10 Å². The second-order valence-corrected chi connectivity index (χ2v) is 3.88. The van der Waals surface area contributed by atoms with Crippen molar-refractivity contribution in [3.8, 4) is 17.5 Å². The Morgan fingerprint density at radius 1 is 1.35 bits per heavy atom. The quantitative estimate of drug-likeness (QED) is 0.868. The molecule has 0 bridgehead atoms. The highest BCUT2D eigenvalue weighted by molar-refractivity contribution is 5.93. The lowest BCUT2D eigenvalue weighted by molar-refractivity contribution is -0.115. The van der Waals surface area contributed by atoms with E-state index < -0.39 is 17.5 Å². The number of nitrogens with one attached hydrogen (secondary N) is 1. The van der Waals surface area contributed by atoms with E-state index >= 15 is 0 Å². The molecule has 1 N–H and O–H groups in total. The summed E-state index contributed by atoms with van der Waals surface area (Å²) in [6.07, 6.45) is 1.43. The summed E-state index contributed by atoms with van der Waals surface area (Å²) in [5.74, 6) is 2.93. The lowest BCUT2D eigenvalue weighted by Crippen LogP contribution is -2.21. The Kier molecular flexibility index (Phi) is 4.11. The molecule has 1 aromatic heterocycles. The first-order valence-corrected chi connectivity index (χ1v) is 5.81. The van der Waals surface area contributed by atoms with Crippen LogP contribution in [0.3, 0.4) is 0 Å². The molecule has 0 saturated heterocycles. The van der Waals surface area contributed by atoms with Crippen LogP contribution in [-0.4, -0.2) is 15.7 Å². The Morgan fingerprint density at radius 3 is 2.70 bits per heavy atom. The molecule has 0 aliphatic carbocycles. The molecule has 1 aromatic carbocycles. The molecule has 1 heterocycles. The third-order valence-corrected chi connectivity index (χ3v) is 2.48. The number of aromatic nitrogens is 2. The molecule has 20 heavy (non-hydrogen) atoms. The highest BCUT2D eigenvalue weighted by Crippen LogP contribution is 2.16. The van der Waals surface area contributed by atoms with Gasteiger partial charge in [-0.1, -0.05) is 12.0 Å². The van der Waals surface area contributed by atoms with Crippen LogP contribution in [-0.2, 0) is 11.3 Å². The van der Waals surface area contributed by atoms with Crippen molar-refractivity contribution in [1.82, 2.24) is 15.1 Å². The van der Waals surface area contributed by atoms with E-state index in [0.29, 0.717) is 5.69 Å². The summed E-state index contributed by atoms with van der Waals surface area (Å²) in [6.45, 7) is 1.69. The van der Waals surface area contributed by atoms with Gasteiger partial charge in [-0.15, -0.1) is 0 Å². The Bertz CT molecular complexity index is 678. The number of amides is 1. The van der Waals surface area contributed by atoms with Crippen molar-refractivity contribution in [2.24, 2.45) is 0 Å². The number of carbonyl (C=O) groups is 1. The average Bonchev–Trinajstić information content (AvgIpc) is 2.85. The number of hydrogen-bond donors (Lipinski definition) is 1. The summed E-state index contributed by atoms with van der Waals surface area (Å²) in [7, 11) is 0. The highest BCUT2D eigenvalue weighted by atomic mass is 19.1. The van der Waals surface area contributed by atoms with Gasteiger partial charge in [0.2, 0.25) is 0 Å². The molecule has 0 fully saturated rings. The molecule has 0 aliphatic heterocycles. The number of rotatable bonds is 3. The fourth-order valence-corrected chi connectivity index (χ4v) is 1.62. The monoisotopic (exact) mass is 275 g/mol. The van der Waals surface area contributed by atoms with Crippen LogP contribution in [0.15, 0.2) is 30.5 Å². The van der Waals surface area contributed by atoms with Crippen LogP contribution in [0.2, 0.25) is 0 Å². The molecule has 2 rings (SSSR count). The summed E-state index contributed by atoms with van der Waals surface area (Å²) >= 11 is 0. The maximum atomic E-state index is 13.6. The predicted molar refractivity (Wildman–Crippen MR) is 68.8 cm³/mol. The van der Waals surface area contributed by atoms with Crippen molar-refractivity contribution >= 4 is 5.91 Å². The van der Waals surface area contributed by atoms with E-state index in [1.165, 1.54) is 12.3 Å². The van der Waals surface area contributed by atoms with E-state index in [0.717, 1.165) is 16.8 Å². The Morgan fingerprint density at radius 2 is 2.05 bits per heavy atom. The zero-order chi connectivity index (χ0) is 14.5. The third kappa shape index (κ3) is 3.01. The van der Waals surface area contributed by atoms with Crippen LogP contribution in [0.4, 0.5) is 8.78 Å². The molecule has 0 aliphatic rings. The molecule has 6 heteroatoms. The first-order valence-electron chi connectivity index (χ1n) is 5.81. The molecular weight excluding hydrogens is 264 g/mol. The molecule has 0 saturated carbocycles. The van der Waals surface area contributed by atoms with Crippen molar-refractivity contribution < 1.29 is 13.6 Å². The molecule has 0 unspecified atom stereocenters. The number of nitrogens with zero attached hydrogens (tertiary/aromatic N) is 2. The minimum atomic E-state index is -0.708. The summed E-state index contributed by atoms with van der Waals surface area (Å²) in [6, 6.07) is 5.14. The molecule has 0 atom stereocenters. The molecule has 4 nitrogen and oxygen atoms in total. The zero-order valence-electron chi connectivity index (χ0n) is 10.7. The zero-order valence-corrected chi connectivity index (χ0v) is 10.7. The molecular formula is C14H11F2N3O. The van der Waals surface area contributed by atoms with Gasteiger partial charge in [0.1, 0.15) is 5.69 Å². The van der Waals surface area contributed by atoms with Gasteiger partial charge >= 0.3 is 0 Å². The van der Waals surface area contributed by atoms with Gasteiger partial charge in [-0.25, -0.2) is 13.5 Å². The first-order chi connectivity index (χ1) is 9.61. The maximum Gasteiger partial charge on any atom is 0.296 e. The highest BCUT2D eigenvalue weighted by Gasteiger charge is 2.12. The smallest absolute Gasteiger partial charge is 0.296 e. The Hall–Kier alpha value is -2.68. The number of para-hydroxylation sites is 1. The van der Waals surface area contributed by atoms with Crippen LogP contribution in [0.5, 0.6) is 0 Å². The van der Waals surface area contributed by atoms with Crippen LogP contribution < -0.4 is 5.32 Å². The predicted octanol–water partition coefficient (Wildman–Crippen LogP) is 1.79. The normalized spacial score (nSPS) is 9.75. The van der Waals surface area contributed by atoms with Crippen LogP contribution in [0, 0.1) is 23.5 Å². The first kappa shape index (κ1) is 13.7. The van der Waals surface area contributed by atoms with Gasteiger partial charge in [-0.05, 0) is 31.0 Å². The lowest BCUT2D eigenvalue weighted by Gasteiger charge is -2.04. The van der Waals surface area contributed by atoms with Crippen LogP contribution in [0.25, 0.3) is 5.69 Å². The van der Waals surface area contributed by atoms with Crippen molar-refractivity contribution in [2.45, 2.75) is 13.5 Å². The molecule has 0 radical (unpaired) electrons. The van der Waals surface area contributed by atoms with Crippen LogP contribution >= 0.6 is 0 Å². The second-order valence-electron chi connectivity index (χ2n) is 3.88. The van der Waals surface area contributed by atoms with Crippen molar-refractivity contribution in [3.63, 3.8) is 0 Å². The fraction of sp³-hybridized carbons (Fsp3) is 0.143. The lowest BCUT2D eigenvalue weighted by atomic mass is 10.3. The van der Waals surface area contributed by atoms with Crippen molar-refractivity contribution in [3.05, 3.63) is 47.8 Å². The van der Waals surface area contributed by atoms with E-state index in [4.69, 9.17) is 0 Å². The number of hydrogen-bond acceptors (Lipinski definition) is 2. The molecule has 0 spiro atoms. The van der Waals surface area contributed by atoms with Gasteiger partial charge in [-0.3, -0.25) is 4.79 Å². The molecule has 102 valence electrons. The van der Waals surface area contributed by atoms with Crippen LogP contribution in [0.1, 0.15) is 12.6 Å². The average molecular weight is 275 g/mol. The van der Waals surface area contributed by atoms with Crippen molar-refractivity contribution in [2.75, 3.05) is 0 Å².